The van der Waals surface area contributed by atoms with Crippen LogP contribution in [0.5, 0.6) is 0 Å². The van der Waals surface area contributed by atoms with Gasteiger partial charge in [-0.15, -0.1) is 6.58 Å². The van der Waals surface area contributed by atoms with E-state index in [1.165, 1.54) is 51.9 Å². The summed E-state index contributed by atoms with van der Waals surface area (Å²) < 4.78 is 5.46. The average molecular weight is 210 g/mol. The fourth-order valence-corrected chi connectivity index (χ4v) is 6.16. The first-order chi connectivity index (χ1) is 6.77. The molecule has 80 valence electrons. The van der Waals surface area contributed by atoms with Gasteiger partial charge in [0, 0.05) is 0 Å². The van der Waals surface area contributed by atoms with Gasteiger partial charge in [-0.2, -0.15) is 0 Å². The summed E-state index contributed by atoms with van der Waals surface area (Å²) in [4.78, 5) is 0. The molecular weight excluding hydrogens is 188 g/mol. The Hall–Kier alpha value is -0.123. The molecule has 0 N–H and O–H groups in total. The SMILES string of the molecule is C=C[Si](C)(N1CCCC1)N1CCCC1. The maximum absolute atomic E-state index is 4.10. The molecule has 0 atom stereocenters. The molecule has 2 aliphatic rings. The van der Waals surface area contributed by atoms with Crippen LogP contribution in [0.1, 0.15) is 25.7 Å². The van der Waals surface area contributed by atoms with Crippen LogP contribution in [-0.2, 0) is 0 Å². The zero-order chi connectivity index (χ0) is 10.0. The first kappa shape index (κ1) is 10.4. The predicted octanol–water partition coefficient (Wildman–Crippen LogP) is 1.98. The molecule has 2 aliphatic heterocycles. The second-order valence-corrected chi connectivity index (χ2v) is 8.55. The monoisotopic (exact) mass is 210 g/mol. The van der Waals surface area contributed by atoms with Gasteiger partial charge < -0.3 is 9.13 Å². The molecule has 2 nitrogen and oxygen atoms in total. The lowest BCUT2D eigenvalue weighted by molar-refractivity contribution is 0.411. The molecule has 0 saturated carbocycles. The highest BCUT2D eigenvalue weighted by Gasteiger charge is 2.40. The van der Waals surface area contributed by atoms with Crippen LogP contribution in [0.3, 0.4) is 0 Å². The second-order valence-electron chi connectivity index (χ2n) is 4.69. The van der Waals surface area contributed by atoms with Crippen LogP contribution in [0.25, 0.3) is 0 Å². The van der Waals surface area contributed by atoms with Gasteiger partial charge in [0.1, 0.15) is 0 Å². The molecule has 3 heteroatoms. The maximum atomic E-state index is 4.10. The van der Waals surface area contributed by atoms with Crippen molar-refractivity contribution in [1.29, 1.82) is 0 Å². The standard InChI is InChI=1S/C11H22N2Si/c1-3-14(2,12-8-4-5-9-12)13-10-6-7-11-13/h3H,1,4-11H2,2H3. The highest BCUT2D eigenvalue weighted by atomic mass is 28.3. The molecule has 0 aromatic carbocycles. The molecule has 0 aliphatic carbocycles. The lowest BCUT2D eigenvalue weighted by atomic mass is 10.4. The third-order valence-corrected chi connectivity index (χ3v) is 8.11. The average Bonchev–Trinajstić information content (AvgIpc) is 2.88. The quantitative estimate of drug-likeness (QED) is 0.657. The largest absolute Gasteiger partial charge is 0.309 e. The summed E-state index contributed by atoms with van der Waals surface area (Å²) in [6.45, 7) is 11.8. The Morgan fingerprint density at radius 3 is 1.57 bits per heavy atom. The second kappa shape index (κ2) is 4.17. The van der Waals surface area contributed by atoms with E-state index < -0.39 is 8.40 Å². The minimum absolute atomic E-state index is 1.31. The van der Waals surface area contributed by atoms with Crippen molar-refractivity contribution >= 4 is 8.40 Å². The molecular formula is C11H22N2Si. The zero-order valence-corrected chi connectivity index (χ0v) is 10.3. The van der Waals surface area contributed by atoms with Crippen molar-refractivity contribution in [1.82, 2.24) is 9.13 Å². The number of rotatable bonds is 3. The van der Waals surface area contributed by atoms with E-state index in [1.54, 1.807) is 0 Å². The third-order valence-electron chi connectivity index (χ3n) is 3.88. The lowest BCUT2D eigenvalue weighted by Crippen LogP contribution is -2.60. The normalized spacial score (nSPS) is 25.8. The molecule has 2 fully saturated rings. The molecule has 0 amide bonds. The minimum Gasteiger partial charge on any atom is -0.309 e. The van der Waals surface area contributed by atoms with E-state index in [2.05, 4.69) is 28.0 Å². The van der Waals surface area contributed by atoms with Crippen molar-refractivity contribution < 1.29 is 0 Å². The summed E-state index contributed by atoms with van der Waals surface area (Å²) in [5.41, 5.74) is 2.28. The molecule has 0 bridgehead atoms. The Bertz CT molecular complexity index is 189. The summed E-state index contributed by atoms with van der Waals surface area (Å²) in [7, 11) is -1.43. The zero-order valence-electron chi connectivity index (χ0n) is 9.34. The van der Waals surface area contributed by atoms with Gasteiger partial charge in [0.25, 0.3) is 0 Å². The summed E-state index contributed by atoms with van der Waals surface area (Å²) in [5.74, 6) is 0. The number of hydrogen-bond acceptors (Lipinski definition) is 2. The van der Waals surface area contributed by atoms with E-state index in [0.717, 1.165) is 0 Å². The van der Waals surface area contributed by atoms with Crippen molar-refractivity contribution in [2.24, 2.45) is 0 Å². The van der Waals surface area contributed by atoms with Crippen LogP contribution in [0.2, 0.25) is 6.55 Å². The molecule has 0 aromatic rings. The van der Waals surface area contributed by atoms with Crippen molar-refractivity contribution in [3.05, 3.63) is 12.3 Å². The third kappa shape index (κ3) is 1.69. The highest BCUT2D eigenvalue weighted by molar-refractivity contribution is 6.78. The Kier molecular flexibility index (Phi) is 3.09. The first-order valence-corrected chi connectivity index (χ1v) is 8.38. The summed E-state index contributed by atoms with van der Waals surface area (Å²) >= 11 is 0. The lowest BCUT2D eigenvalue weighted by Gasteiger charge is -2.41. The van der Waals surface area contributed by atoms with Gasteiger partial charge in [-0.25, -0.2) is 0 Å². The molecule has 0 spiro atoms. The van der Waals surface area contributed by atoms with Gasteiger partial charge in [0.2, 0.25) is 8.40 Å². The molecule has 2 saturated heterocycles. The Morgan fingerprint density at radius 1 is 0.929 bits per heavy atom. The first-order valence-electron chi connectivity index (χ1n) is 5.91. The Balaban J connectivity index is 2.09. The van der Waals surface area contributed by atoms with Gasteiger partial charge in [0.05, 0.1) is 0 Å². The number of hydrogen-bond donors (Lipinski definition) is 0. The van der Waals surface area contributed by atoms with Crippen LogP contribution < -0.4 is 0 Å². The van der Waals surface area contributed by atoms with Crippen LogP contribution in [0, 0.1) is 0 Å². The van der Waals surface area contributed by atoms with Crippen molar-refractivity contribution in [3.8, 4) is 0 Å². The van der Waals surface area contributed by atoms with E-state index >= 15 is 0 Å². The topological polar surface area (TPSA) is 6.48 Å². The van der Waals surface area contributed by atoms with Crippen LogP contribution >= 0.6 is 0 Å². The molecule has 0 radical (unpaired) electrons. The van der Waals surface area contributed by atoms with E-state index in [9.17, 15) is 0 Å². The van der Waals surface area contributed by atoms with E-state index in [4.69, 9.17) is 0 Å². The number of nitrogens with zero attached hydrogens (tertiary/aromatic N) is 2. The molecule has 14 heavy (non-hydrogen) atoms. The molecule has 0 unspecified atom stereocenters. The van der Waals surface area contributed by atoms with E-state index in [0.29, 0.717) is 0 Å². The fourth-order valence-electron chi connectivity index (χ4n) is 2.80. The Morgan fingerprint density at radius 2 is 1.29 bits per heavy atom. The molecule has 2 heterocycles. The predicted molar refractivity (Wildman–Crippen MR) is 63.4 cm³/mol. The van der Waals surface area contributed by atoms with Crippen LogP contribution in [0.15, 0.2) is 12.3 Å². The van der Waals surface area contributed by atoms with Gasteiger partial charge in [-0.3, -0.25) is 0 Å². The fraction of sp³-hybridized carbons (Fsp3) is 0.818. The van der Waals surface area contributed by atoms with Crippen molar-refractivity contribution in [3.63, 3.8) is 0 Å². The summed E-state index contributed by atoms with van der Waals surface area (Å²) in [6, 6.07) is 0. The maximum Gasteiger partial charge on any atom is 0.228 e. The molecule has 2 rings (SSSR count). The van der Waals surface area contributed by atoms with Gasteiger partial charge in [-0.1, -0.05) is 5.70 Å². The van der Waals surface area contributed by atoms with E-state index in [-0.39, 0.29) is 0 Å². The highest BCUT2D eigenvalue weighted by Crippen LogP contribution is 2.25. The minimum atomic E-state index is -1.43. The smallest absolute Gasteiger partial charge is 0.228 e. The van der Waals surface area contributed by atoms with Crippen LogP contribution in [0.4, 0.5) is 0 Å². The van der Waals surface area contributed by atoms with Gasteiger partial charge in [0.15, 0.2) is 0 Å². The van der Waals surface area contributed by atoms with Crippen molar-refractivity contribution in [2.75, 3.05) is 26.2 Å². The van der Waals surface area contributed by atoms with Gasteiger partial charge >= 0.3 is 0 Å². The van der Waals surface area contributed by atoms with Crippen molar-refractivity contribution in [2.45, 2.75) is 32.2 Å². The van der Waals surface area contributed by atoms with Gasteiger partial charge in [-0.05, 0) is 58.4 Å². The molecule has 0 aromatic heterocycles. The summed E-state index contributed by atoms with van der Waals surface area (Å²) in [5, 5.41) is 0. The van der Waals surface area contributed by atoms with Crippen LogP contribution in [-0.4, -0.2) is 43.7 Å². The Labute approximate surface area is 88.7 Å². The summed E-state index contributed by atoms with van der Waals surface area (Å²) in [6.07, 6.45) is 5.57. The van der Waals surface area contributed by atoms with E-state index in [1.807, 2.05) is 0 Å².